The Labute approximate surface area is 119 Å². The molecule has 5 nitrogen and oxygen atoms in total. The highest BCUT2D eigenvalue weighted by molar-refractivity contribution is 9.10. The third-order valence-corrected chi connectivity index (χ3v) is 3.36. The van der Waals surface area contributed by atoms with Crippen LogP contribution < -0.4 is 5.73 Å². The van der Waals surface area contributed by atoms with E-state index in [-0.39, 0.29) is 17.4 Å². The van der Waals surface area contributed by atoms with Crippen molar-refractivity contribution < 1.29 is 4.79 Å². The maximum Gasteiger partial charge on any atom is 0.274 e. The number of nitrogens with zero attached hydrogens (tertiary/aromatic N) is 3. The number of carbonyl (C=O) groups excluding carboxylic acids is 1. The fourth-order valence-corrected chi connectivity index (χ4v) is 2.04. The van der Waals surface area contributed by atoms with Gasteiger partial charge in [0.15, 0.2) is 0 Å². The number of carbonyl (C=O) groups is 1. The molecule has 0 bridgehead atoms. The van der Waals surface area contributed by atoms with Crippen molar-refractivity contribution in [1.29, 1.82) is 0 Å². The van der Waals surface area contributed by atoms with Gasteiger partial charge in [-0.2, -0.15) is 0 Å². The number of anilines is 1. The van der Waals surface area contributed by atoms with E-state index in [9.17, 15) is 4.79 Å². The molecule has 2 aromatic rings. The minimum absolute atomic E-state index is 0.212. The van der Waals surface area contributed by atoms with Crippen molar-refractivity contribution in [2.75, 3.05) is 12.8 Å². The maximum atomic E-state index is 12.2. The zero-order valence-electron chi connectivity index (χ0n) is 10.4. The smallest absolute Gasteiger partial charge is 0.274 e. The average Bonchev–Trinajstić information content (AvgIpc) is 2.40. The van der Waals surface area contributed by atoms with Crippen LogP contribution in [0.15, 0.2) is 41.1 Å². The summed E-state index contributed by atoms with van der Waals surface area (Å²) < 4.78 is 0.966. The molecule has 0 atom stereocenters. The first-order valence-electron chi connectivity index (χ1n) is 5.64. The first-order valence-corrected chi connectivity index (χ1v) is 6.43. The van der Waals surface area contributed by atoms with Gasteiger partial charge in [0.05, 0.1) is 12.4 Å². The molecule has 1 aromatic carbocycles. The minimum atomic E-state index is -0.212. The molecule has 0 saturated carbocycles. The molecule has 1 aromatic heterocycles. The van der Waals surface area contributed by atoms with Crippen molar-refractivity contribution in [3.05, 3.63) is 52.4 Å². The SMILES string of the molecule is CN(Cc1ccccc1Br)C(=O)c1cncc(N)n1. The summed E-state index contributed by atoms with van der Waals surface area (Å²) in [5.74, 6) is 0.0238. The average molecular weight is 321 g/mol. The summed E-state index contributed by atoms with van der Waals surface area (Å²) >= 11 is 3.46. The molecule has 2 N–H and O–H groups in total. The molecule has 0 unspecified atom stereocenters. The molecule has 0 radical (unpaired) electrons. The standard InChI is InChI=1S/C13H13BrN4O/c1-18(8-9-4-2-3-5-10(9)14)13(19)11-6-16-7-12(15)17-11/h2-7H,8H2,1H3,(H2,15,17). The molecule has 6 heteroatoms. The van der Waals surface area contributed by atoms with Crippen molar-refractivity contribution in [2.24, 2.45) is 0 Å². The fourth-order valence-electron chi connectivity index (χ4n) is 1.63. The number of nitrogens with two attached hydrogens (primary N) is 1. The molecule has 0 aliphatic heterocycles. The molecule has 0 aliphatic rings. The van der Waals surface area contributed by atoms with Gasteiger partial charge in [0.1, 0.15) is 11.5 Å². The lowest BCUT2D eigenvalue weighted by molar-refractivity contribution is 0.0778. The van der Waals surface area contributed by atoms with Crippen LogP contribution in [-0.2, 0) is 6.54 Å². The molecular formula is C13H13BrN4O. The number of amides is 1. The van der Waals surface area contributed by atoms with Crippen molar-refractivity contribution in [1.82, 2.24) is 14.9 Å². The van der Waals surface area contributed by atoms with Crippen LogP contribution >= 0.6 is 15.9 Å². The van der Waals surface area contributed by atoms with Crippen LogP contribution in [0, 0.1) is 0 Å². The lowest BCUT2D eigenvalue weighted by Crippen LogP contribution is -2.27. The maximum absolute atomic E-state index is 12.2. The van der Waals surface area contributed by atoms with Gasteiger partial charge in [0, 0.05) is 18.1 Å². The van der Waals surface area contributed by atoms with Crippen LogP contribution in [0.5, 0.6) is 0 Å². The van der Waals surface area contributed by atoms with Gasteiger partial charge in [-0.05, 0) is 11.6 Å². The molecule has 19 heavy (non-hydrogen) atoms. The van der Waals surface area contributed by atoms with E-state index >= 15 is 0 Å². The summed E-state index contributed by atoms with van der Waals surface area (Å²) in [4.78, 5) is 21.6. The van der Waals surface area contributed by atoms with Gasteiger partial charge in [-0.15, -0.1) is 0 Å². The van der Waals surface area contributed by atoms with Gasteiger partial charge in [-0.25, -0.2) is 4.98 Å². The number of aromatic nitrogens is 2. The van der Waals surface area contributed by atoms with Crippen LogP contribution in [0.3, 0.4) is 0 Å². The second kappa shape index (κ2) is 5.79. The van der Waals surface area contributed by atoms with Crippen molar-refractivity contribution >= 4 is 27.7 Å². The Kier molecular flexibility index (Phi) is 4.11. The third kappa shape index (κ3) is 3.29. The zero-order chi connectivity index (χ0) is 13.8. The Hall–Kier alpha value is -1.95. The second-order valence-corrected chi connectivity index (χ2v) is 4.94. The number of hydrogen-bond acceptors (Lipinski definition) is 4. The van der Waals surface area contributed by atoms with E-state index in [1.807, 2.05) is 24.3 Å². The number of hydrogen-bond donors (Lipinski definition) is 1. The summed E-state index contributed by atoms with van der Waals surface area (Å²) in [5.41, 5.74) is 6.79. The first-order chi connectivity index (χ1) is 9.08. The zero-order valence-corrected chi connectivity index (χ0v) is 12.0. The van der Waals surface area contributed by atoms with Gasteiger partial charge < -0.3 is 10.6 Å². The summed E-state index contributed by atoms with van der Waals surface area (Å²) in [7, 11) is 1.71. The topological polar surface area (TPSA) is 72.1 Å². The van der Waals surface area contributed by atoms with Gasteiger partial charge in [-0.1, -0.05) is 34.1 Å². The molecular weight excluding hydrogens is 308 g/mol. The van der Waals surface area contributed by atoms with Crippen LogP contribution in [0.1, 0.15) is 16.1 Å². The largest absolute Gasteiger partial charge is 0.382 e. The van der Waals surface area contributed by atoms with E-state index in [1.54, 1.807) is 11.9 Å². The Bertz CT molecular complexity index is 603. The molecule has 98 valence electrons. The lowest BCUT2D eigenvalue weighted by atomic mass is 10.2. The fraction of sp³-hybridized carbons (Fsp3) is 0.154. The van der Waals surface area contributed by atoms with E-state index in [4.69, 9.17) is 5.73 Å². The van der Waals surface area contributed by atoms with Crippen molar-refractivity contribution in [2.45, 2.75) is 6.54 Å². The van der Waals surface area contributed by atoms with Crippen LogP contribution in [-0.4, -0.2) is 27.8 Å². The highest BCUT2D eigenvalue weighted by Gasteiger charge is 2.15. The summed E-state index contributed by atoms with van der Waals surface area (Å²) in [6.07, 6.45) is 2.82. The van der Waals surface area contributed by atoms with E-state index in [1.165, 1.54) is 12.4 Å². The Balaban J connectivity index is 2.14. The predicted molar refractivity (Wildman–Crippen MR) is 76.4 cm³/mol. The monoisotopic (exact) mass is 320 g/mol. The molecule has 0 fully saturated rings. The Morgan fingerprint density at radius 1 is 1.37 bits per heavy atom. The number of rotatable bonds is 3. The van der Waals surface area contributed by atoms with E-state index in [0.717, 1.165) is 10.0 Å². The van der Waals surface area contributed by atoms with Gasteiger partial charge in [0.25, 0.3) is 5.91 Å². The van der Waals surface area contributed by atoms with Crippen molar-refractivity contribution in [3.8, 4) is 0 Å². The van der Waals surface area contributed by atoms with Crippen LogP contribution in [0.4, 0.5) is 5.82 Å². The van der Waals surface area contributed by atoms with Crippen LogP contribution in [0.25, 0.3) is 0 Å². The Morgan fingerprint density at radius 2 is 2.11 bits per heavy atom. The van der Waals surface area contributed by atoms with Crippen LogP contribution in [0.2, 0.25) is 0 Å². The van der Waals surface area contributed by atoms with E-state index in [2.05, 4.69) is 25.9 Å². The number of benzene rings is 1. The van der Waals surface area contributed by atoms with E-state index in [0.29, 0.717) is 6.54 Å². The van der Waals surface area contributed by atoms with Gasteiger partial charge in [0.2, 0.25) is 0 Å². The number of halogens is 1. The van der Waals surface area contributed by atoms with Crippen molar-refractivity contribution in [3.63, 3.8) is 0 Å². The Morgan fingerprint density at radius 3 is 2.79 bits per heavy atom. The normalized spacial score (nSPS) is 10.2. The predicted octanol–water partition coefficient (Wildman–Crippen LogP) is 2.09. The number of nitrogen functional groups attached to an aromatic ring is 1. The quantitative estimate of drug-likeness (QED) is 0.940. The van der Waals surface area contributed by atoms with Gasteiger partial charge >= 0.3 is 0 Å². The van der Waals surface area contributed by atoms with Gasteiger partial charge in [-0.3, -0.25) is 9.78 Å². The minimum Gasteiger partial charge on any atom is -0.382 e. The second-order valence-electron chi connectivity index (χ2n) is 4.08. The molecule has 0 aliphatic carbocycles. The lowest BCUT2D eigenvalue weighted by Gasteiger charge is -2.17. The summed E-state index contributed by atoms with van der Waals surface area (Å²) in [6.45, 7) is 0.483. The third-order valence-electron chi connectivity index (χ3n) is 2.58. The molecule has 1 amide bonds. The molecule has 0 spiro atoms. The highest BCUT2D eigenvalue weighted by atomic mass is 79.9. The highest BCUT2D eigenvalue weighted by Crippen LogP contribution is 2.17. The molecule has 2 rings (SSSR count). The molecule has 1 heterocycles. The molecule has 0 saturated heterocycles. The summed E-state index contributed by atoms with van der Waals surface area (Å²) in [5, 5.41) is 0. The van der Waals surface area contributed by atoms with E-state index < -0.39 is 0 Å². The summed E-state index contributed by atoms with van der Waals surface area (Å²) in [6, 6.07) is 7.75. The first kappa shape index (κ1) is 13.5.